The van der Waals surface area contributed by atoms with Gasteiger partial charge < -0.3 is 10.1 Å². The molecule has 20 heavy (non-hydrogen) atoms. The number of carbonyl (C=O) groups is 1. The molecule has 0 bridgehead atoms. The van der Waals surface area contributed by atoms with E-state index in [1.807, 2.05) is 6.92 Å². The highest BCUT2D eigenvalue weighted by molar-refractivity contribution is 6.17. The van der Waals surface area contributed by atoms with E-state index in [0.29, 0.717) is 5.88 Å². The average molecular weight is 310 g/mol. The highest BCUT2D eigenvalue weighted by atomic mass is 35.5. The highest BCUT2D eigenvalue weighted by Gasteiger charge is 2.31. The van der Waals surface area contributed by atoms with Crippen LogP contribution in [0.5, 0.6) is 5.75 Å². The second kappa shape index (κ2) is 7.38. The Morgan fingerprint density at radius 2 is 1.95 bits per heavy atom. The Morgan fingerprint density at radius 1 is 1.35 bits per heavy atom. The fourth-order valence-corrected chi connectivity index (χ4v) is 1.72. The van der Waals surface area contributed by atoms with Crippen molar-refractivity contribution in [2.45, 2.75) is 32.2 Å². The average Bonchev–Trinajstić information content (AvgIpc) is 2.35. The van der Waals surface area contributed by atoms with Crippen LogP contribution in [-0.4, -0.2) is 24.2 Å². The molecule has 1 unspecified atom stereocenters. The topological polar surface area (TPSA) is 38.3 Å². The monoisotopic (exact) mass is 309 g/mol. The number of amides is 1. The van der Waals surface area contributed by atoms with Crippen LogP contribution in [0.25, 0.3) is 0 Å². The second-order valence-corrected chi connectivity index (χ2v) is 4.66. The molecule has 1 atom stereocenters. The van der Waals surface area contributed by atoms with Gasteiger partial charge in [-0.3, -0.25) is 4.79 Å². The van der Waals surface area contributed by atoms with Crippen molar-refractivity contribution in [3.63, 3.8) is 0 Å². The Labute approximate surface area is 120 Å². The van der Waals surface area contributed by atoms with Gasteiger partial charge in [-0.1, -0.05) is 0 Å². The number of nitrogens with one attached hydrogen (secondary N) is 1. The summed E-state index contributed by atoms with van der Waals surface area (Å²) >= 11 is 5.55. The first-order chi connectivity index (χ1) is 9.31. The Bertz CT molecular complexity index is 434. The summed E-state index contributed by atoms with van der Waals surface area (Å²) in [6.45, 7) is 1.84. The lowest BCUT2D eigenvalue weighted by Crippen LogP contribution is -2.32. The molecule has 112 valence electrons. The van der Waals surface area contributed by atoms with E-state index in [1.54, 1.807) is 0 Å². The van der Waals surface area contributed by atoms with Gasteiger partial charge in [0.1, 0.15) is 5.75 Å². The molecule has 0 heterocycles. The molecule has 3 nitrogen and oxygen atoms in total. The largest absolute Gasteiger partial charge is 0.573 e. The summed E-state index contributed by atoms with van der Waals surface area (Å²) in [6.07, 6.45) is -3.22. The fourth-order valence-electron chi connectivity index (χ4n) is 1.57. The summed E-state index contributed by atoms with van der Waals surface area (Å²) in [4.78, 5) is 11.8. The number of rotatable bonds is 6. The summed E-state index contributed by atoms with van der Waals surface area (Å²) in [5.74, 6) is -0.182. The number of hydrogen-bond donors (Lipinski definition) is 1. The second-order valence-electron chi connectivity index (χ2n) is 4.28. The van der Waals surface area contributed by atoms with Crippen molar-refractivity contribution in [3.05, 3.63) is 29.8 Å². The van der Waals surface area contributed by atoms with E-state index in [1.165, 1.54) is 12.1 Å². The fraction of sp³-hybridized carbons (Fsp3) is 0.462. The molecule has 0 aliphatic rings. The molecule has 0 aromatic heterocycles. The van der Waals surface area contributed by atoms with Crippen molar-refractivity contribution in [3.8, 4) is 5.75 Å². The number of hydrogen-bond acceptors (Lipinski definition) is 2. The maximum Gasteiger partial charge on any atom is 0.573 e. The summed E-state index contributed by atoms with van der Waals surface area (Å²) < 4.78 is 39.7. The standard InChI is InChI=1S/C13H15ClF3NO2/c1-9(3-2-8-14)18-12(19)10-4-6-11(7-5-10)20-13(15,16)17/h4-7,9H,2-3,8H2,1H3,(H,18,19). The Hall–Kier alpha value is -1.43. The van der Waals surface area contributed by atoms with Gasteiger partial charge in [-0.25, -0.2) is 0 Å². The van der Waals surface area contributed by atoms with Crippen molar-refractivity contribution in [2.24, 2.45) is 0 Å². The van der Waals surface area contributed by atoms with E-state index in [-0.39, 0.29) is 23.3 Å². The molecule has 1 amide bonds. The molecular formula is C13H15ClF3NO2. The Morgan fingerprint density at radius 3 is 2.45 bits per heavy atom. The van der Waals surface area contributed by atoms with Crippen LogP contribution >= 0.6 is 11.6 Å². The summed E-state index contributed by atoms with van der Waals surface area (Å²) in [6, 6.07) is 4.72. The number of halogens is 4. The molecule has 1 rings (SSSR count). The minimum Gasteiger partial charge on any atom is -0.406 e. The molecule has 1 N–H and O–H groups in total. The maximum absolute atomic E-state index is 12.0. The molecule has 1 aromatic carbocycles. The predicted molar refractivity (Wildman–Crippen MR) is 70.0 cm³/mol. The molecular weight excluding hydrogens is 295 g/mol. The first-order valence-electron chi connectivity index (χ1n) is 6.04. The lowest BCUT2D eigenvalue weighted by atomic mass is 10.1. The van der Waals surface area contributed by atoms with Crippen LogP contribution in [0, 0.1) is 0 Å². The predicted octanol–water partition coefficient (Wildman–Crippen LogP) is 3.72. The lowest BCUT2D eigenvalue weighted by molar-refractivity contribution is -0.274. The van der Waals surface area contributed by atoms with Gasteiger partial charge >= 0.3 is 6.36 Å². The van der Waals surface area contributed by atoms with E-state index in [0.717, 1.165) is 25.0 Å². The molecule has 0 aliphatic carbocycles. The van der Waals surface area contributed by atoms with Gasteiger partial charge in [0, 0.05) is 17.5 Å². The highest BCUT2D eigenvalue weighted by Crippen LogP contribution is 2.22. The minimum absolute atomic E-state index is 0.0487. The van der Waals surface area contributed by atoms with Crippen LogP contribution in [0.15, 0.2) is 24.3 Å². The van der Waals surface area contributed by atoms with Crippen molar-refractivity contribution < 1.29 is 22.7 Å². The van der Waals surface area contributed by atoms with Gasteiger partial charge in [-0.15, -0.1) is 24.8 Å². The molecule has 0 radical (unpaired) electrons. The third kappa shape index (κ3) is 6.14. The molecule has 0 saturated carbocycles. The zero-order chi connectivity index (χ0) is 15.2. The SMILES string of the molecule is CC(CCCCl)NC(=O)c1ccc(OC(F)(F)F)cc1. The molecule has 1 aromatic rings. The van der Waals surface area contributed by atoms with Crippen molar-refractivity contribution in [1.82, 2.24) is 5.32 Å². The molecule has 0 spiro atoms. The van der Waals surface area contributed by atoms with Crippen LogP contribution in [0.1, 0.15) is 30.1 Å². The first kappa shape index (κ1) is 16.6. The van der Waals surface area contributed by atoms with Crippen molar-refractivity contribution in [1.29, 1.82) is 0 Å². The maximum atomic E-state index is 12.0. The van der Waals surface area contributed by atoms with Crippen molar-refractivity contribution >= 4 is 17.5 Å². The Balaban J connectivity index is 2.57. The van der Waals surface area contributed by atoms with Gasteiger partial charge in [0.25, 0.3) is 5.91 Å². The first-order valence-corrected chi connectivity index (χ1v) is 6.58. The van der Waals surface area contributed by atoms with Crippen LogP contribution in [-0.2, 0) is 0 Å². The van der Waals surface area contributed by atoms with E-state index in [4.69, 9.17) is 11.6 Å². The zero-order valence-corrected chi connectivity index (χ0v) is 11.6. The molecule has 0 aliphatic heterocycles. The summed E-state index contributed by atoms with van der Waals surface area (Å²) in [5.41, 5.74) is 0.275. The summed E-state index contributed by atoms with van der Waals surface area (Å²) in [5, 5.41) is 2.74. The van der Waals surface area contributed by atoms with Crippen LogP contribution in [0.2, 0.25) is 0 Å². The Kier molecular flexibility index (Phi) is 6.13. The van der Waals surface area contributed by atoms with Crippen LogP contribution in [0.4, 0.5) is 13.2 Å². The van der Waals surface area contributed by atoms with E-state index in [2.05, 4.69) is 10.1 Å². The minimum atomic E-state index is -4.74. The number of carbonyl (C=O) groups excluding carboxylic acids is 1. The third-order valence-electron chi connectivity index (χ3n) is 2.50. The third-order valence-corrected chi connectivity index (χ3v) is 2.77. The van der Waals surface area contributed by atoms with E-state index in [9.17, 15) is 18.0 Å². The van der Waals surface area contributed by atoms with Gasteiger partial charge in [-0.2, -0.15) is 0 Å². The summed E-state index contributed by atoms with van der Waals surface area (Å²) in [7, 11) is 0. The number of ether oxygens (including phenoxy) is 1. The van der Waals surface area contributed by atoms with Gasteiger partial charge in [0.15, 0.2) is 0 Å². The van der Waals surface area contributed by atoms with E-state index < -0.39 is 6.36 Å². The van der Waals surface area contributed by atoms with Crippen LogP contribution in [0.3, 0.4) is 0 Å². The van der Waals surface area contributed by atoms with E-state index >= 15 is 0 Å². The molecule has 0 fully saturated rings. The zero-order valence-electron chi connectivity index (χ0n) is 10.8. The lowest BCUT2D eigenvalue weighted by Gasteiger charge is -2.13. The van der Waals surface area contributed by atoms with Gasteiger partial charge in [-0.05, 0) is 44.0 Å². The van der Waals surface area contributed by atoms with Gasteiger partial charge in [0.05, 0.1) is 0 Å². The molecule has 7 heteroatoms. The van der Waals surface area contributed by atoms with Crippen LogP contribution < -0.4 is 10.1 Å². The number of alkyl halides is 4. The smallest absolute Gasteiger partial charge is 0.406 e. The number of benzene rings is 1. The normalized spacial score (nSPS) is 12.8. The quantitative estimate of drug-likeness (QED) is 0.813. The van der Waals surface area contributed by atoms with Crippen molar-refractivity contribution in [2.75, 3.05) is 5.88 Å². The van der Waals surface area contributed by atoms with Gasteiger partial charge in [0.2, 0.25) is 0 Å². The molecule has 0 saturated heterocycles.